The molecule has 0 fully saturated rings. The zero-order chi connectivity index (χ0) is 17.0. The van der Waals surface area contributed by atoms with Gasteiger partial charge >= 0.3 is 5.97 Å². The Morgan fingerprint density at radius 1 is 1.30 bits per heavy atom. The van der Waals surface area contributed by atoms with Gasteiger partial charge in [-0.1, -0.05) is 0 Å². The Kier molecular flexibility index (Phi) is 5.36. The van der Waals surface area contributed by atoms with E-state index in [1.165, 1.54) is 14.2 Å². The summed E-state index contributed by atoms with van der Waals surface area (Å²) < 4.78 is 15.9. The minimum Gasteiger partial charge on any atom is -0.493 e. The van der Waals surface area contributed by atoms with Crippen molar-refractivity contribution in [3.05, 3.63) is 21.4 Å². The molecule has 122 valence electrons. The minimum atomic E-state index is -0.700. The monoisotopic (exact) mass is 432 g/mol. The molecular weight excluding hydrogens is 419 g/mol. The lowest BCUT2D eigenvalue weighted by molar-refractivity contribution is -0.142. The first kappa shape index (κ1) is 17.0. The number of rotatable bonds is 6. The van der Waals surface area contributed by atoms with Crippen molar-refractivity contribution >= 4 is 34.5 Å². The molecule has 0 saturated heterocycles. The van der Waals surface area contributed by atoms with E-state index in [1.54, 1.807) is 12.1 Å². The van der Waals surface area contributed by atoms with Crippen molar-refractivity contribution in [3.8, 4) is 22.8 Å². The van der Waals surface area contributed by atoms with Gasteiger partial charge < -0.3 is 19.9 Å². The fourth-order valence-electron chi connectivity index (χ4n) is 1.79. The SMILES string of the molecule is COC(=O)COc1c(I)cc(-c2n[nH]nc2C(N)=O)cc1OC. The number of hydrogen-bond acceptors (Lipinski definition) is 7. The maximum atomic E-state index is 11.4. The third-order valence-corrected chi connectivity index (χ3v) is 3.65. The van der Waals surface area contributed by atoms with Gasteiger partial charge in [-0.2, -0.15) is 15.4 Å². The summed E-state index contributed by atoms with van der Waals surface area (Å²) >= 11 is 2.02. The van der Waals surface area contributed by atoms with Crippen molar-refractivity contribution in [2.24, 2.45) is 5.73 Å². The Bertz CT molecular complexity index is 746. The third kappa shape index (κ3) is 3.70. The van der Waals surface area contributed by atoms with E-state index in [9.17, 15) is 9.59 Å². The fraction of sp³-hybridized carbons (Fsp3) is 0.231. The smallest absolute Gasteiger partial charge is 0.343 e. The van der Waals surface area contributed by atoms with E-state index in [4.69, 9.17) is 15.2 Å². The zero-order valence-corrected chi connectivity index (χ0v) is 14.4. The highest BCUT2D eigenvalue weighted by Crippen LogP contribution is 2.37. The number of nitrogens with zero attached hydrogens (tertiary/aromatic N) is 2. The number of esters is 1. The van der Waals surface area contributed by atoms with Crippen LogP contribution in [0.15, 0.2) is 12.1 Å². The molecule has 0 aliphatic rings. The van der Waals surface area contributed by atoms with Crippen LogP contribution in [0.2, 0.25) is 0 Å². The molecule has 3 N–H and O–H groups in total. The minimum absolute atomic E-state index is 0.0195. The molecule has 1 aromatic carbocycles. The first-order valence-electron chi connectivity index (χ1n) is 6.26. The molecule has 2 rings (SSSR count). The van der Waals surface area contributed by atoms with Gasteiger partial charge in [-0.3, -0.25) is 4.79 Å². The number of carbonyl (C=O) groups is 2. The van der Waals surface area contributed by atoms with Gasteiger partial charge in [0.1, 0.15) is 5.69 Å². The molecule has 0 aliphatic carbocycles. The Labute approximate surface area is 144 Å². The Balaban J connectivity index is 2.41. The first-order chi connectivity index (χ1) is 11.0. The molecule has 0 bridgehead atoms. The number of aromatic amines is 1. The van der Waals surface area contributed by atoms with Crippen LogP contribution in [-0.2, 0) is 9.53 Å². The van der Waals surface area contributed by atoms with Gasteiger partial charge in [-0.05, 0) is 34.7 Å². The molecule has 23 heavy (non-hydrogen) atoms. The van der Waals surface area contributed by atoms with Crippen LogP contribution in [0, 0.1) is 3.57 Å². The summed E-state index contributed by atoms with van der Waals surface area (Å²) in [6.45, 7) is -0.251. The van der Waals surface area contributed by atoms with Crippen LogP contribution < -0.4 is 15.2 Å². The van der Waals surface area contributed by atoms with Crippen LogP contribution in [0.25, 0.3) is 11.3 Å². The van der Waals surface area contributed by atoms with E-state index >= 15 is 0 Å². The lowest BCUT2D eigenvalue weighted by Gasteiger charge is -2.13. The van der Waals surface area contributed by atoms with E-state index in [-0.39, 0.29) is 12.3 Å². The number of H-pyrrole nitrogens is 1. The summed E-state index contributed by atoms with van der Waals surface area (Å²) in [5, 5.41) is 10.0. The highest BCUT2D eigenvalue weighted by atomic mass is 127. The summed E-state index contributed by atoms with van der Waals surface area (Å²) in [7, 11) is 2.73. The van der Waals surface area contributed by atoms with Crippen LogP contribution in [0.4, 0.5) is 0 Å². The van der Waals surface area contributed by atoms with Crippen molar-refractivity contribution in [2.75, 3.05) is 20.8 Å². The van der Waals surface area contributed by atoms with Crippen molar-refractivity contribution < 1.29 is 23.8 Å². The lowest BCUT2D eigenvalue weighted by atomic mass is 10.1. The number of nitrogens with two attached hydrogens (primary N) is 1. The summed E-state index contributed by atoms with van der Waals surface area (Å²) in [5.41, 5.74) is 6.15. The summed E-state index contributed by atoms with van der Waals surface area (Å²) in [6.07, 6.45) is 0. The fourth-order valence-corrected chi connectivity index (χ4v) is 2.55. The number of methoxy groups -OCH3 is 2. The van der Waals surface area contributed by atoms with Crippen LogP contribution >= 0.6 is 22.6 Å². The number of halogens is 1. The number of hydrogen-bond donors (Lipinski definition) is 2. The second-order valence-corrected chi connectivity index (χ2v) is 5.40. The maximum Gasteiger partial charge on any atom is 0.343 e. The Hall–Kier alpha value is -2.37. The summed E-state index contributed by atoms with van der Waals surface area (Å²) in [4.78, 5) is 22.6. The highest BCUT2D eigenvalue weighted by molar-refractivity contribution is 14.1. The number of amides is 1. The van der Waals surface area contributed by atoms with E-state index in [1.807, 2.05) is 22.6 Å². The largest absolute Gasteiger partial charge is 0.493 e. The second kappa shape index (κ2) is 7.26. The zero-order valence-electron chi connectivity index (χ0n) is 12.3. The summed E-state index contributed by atoms with van der Waals surface area (Å²) in [5.74, 6) is -0.464. The summed E-state index contributed by atoms with van der Waals surface area (Å²) in [6, 6.07) is 3.32. The number of benzene rings is 1. The van der Waals surface area contributed by atoms with Crippen molar-refractivity contribution in [2.45, 2.75) is 0 Å². The van der Waals surface area contributed by atoms with Crippen LogP contribution in [-0.4, -0.2) is 48.1 Å². The van der Waals surface area contributed by atoms with Crippen LogP contribution in [0.3, 0.4) is 0 Å². The van der Waals surface area contributed by atoms with Gasteiger partial charge in [0, 0.05) is 5.56 Å². The topological polar surface area (TPSA) is 129 Å². The van der Waals surface area contributed by atoms with Gasteiger partial charge in [0.25, 0.3) is 5.91 Å². The average molecular weight is 432 g/mol. The predicted molar refractivity (Wildman–Crippen MR) is 87.1 cm³/mol. The Morgan fingerprint density at radius 3 is 2.65 bits per heavy atom. The molecule has 1 heterocycles. The number of ether oxygens (including phenoxy) is 3. The normalized spacial score (nSPS) is 10.2. The van der Waals surface area contributed by atoms with Gasteiger partial charge in [0.05, 0.1) is 17.8 Å². The molecule has 10 heteroatoms. The van der Waals surface area contributed by atoms with Crippen LogP contribution in [0.5, 0.6) is 11.5 Å². The number of carbonyl (C=O) groups excluding carboxylic acids is 2. The molecule has 0 atom stereocenters. The Morgan fingerprint density at radius 2 is 2.04 bits per heavy atom. The molecule has 9 nitrogen and oxygen atoms in total. The lowest BCUT2D eigenvalue weighted by Crippen LogP contribution is -2.14. The number of primary amides is 1. The highest BCUT2D eigenvalue weighted by Gasteiger charge is 2.20. The van der Waals surface area contributed by atoms with Crippen LogP contribution in [0.1, 0.15) is 10.5 Å². The van der Waals surface area contributed by atoms with E-state index < -0.39 is 11.9 Å². The molecular formula is C13H13IN4O5. The van der Waals surface area contributed by atoms with Gasteiger partial charge in [-0.25, -0.2) is 4.79 Å². The van der Waals surface area contributed by atoms with Crippen molar-refractivity contribution in [3.63, 3.8) is 0 Å². The number of nitrogens with one attached hydrogen (secondary N) is 1. The molecule has 1 aromatic heterocycles. The van der Waals surface area contributed by atoms with E-state index in [2.05, 4.69) is 20.1 Å². The first-order valence-corrected chi connectivity index (χ1v) is 7.33. The molecule has 2 aromatic rings. The van der Waals surface area contributed by atoms with Crippen molar-refractivity contribution in [1.82, 2.24) is 15.4 Å². The average Bonchev–Trinajstić information content (AvgIpc) is 3.02. The molecule has 0 aliphatic heterocycles. The molecule has 0 saturated carbocycles. The van der Waals surface area contributed by atoms with Crippen molar-refractivity contribution in [1.29, 1.82) is 0 Å². The predicted octanol–water partition coefficient (Wildman–Crippen LogP) is 0.736. The van der Waals surface area contributed by atoms with Gasteiger partial charge in [0.15, 0.2) is 23.8 Å². The quantitative estimate of drug-likeness (QED) is 0.509. The van der Waals surface area contributed by atoms with E-state index in [0.29, 0.717) is 26.3 Å². The second-order valence-electron chi connectivity index (χ2n) is 4.24. The molecule has 0 spiro atoms. The van der Waals surface area contributed by atoms with Gasteiger partial charge in [0.2, 0.25) is 0 Å². The third-order valence-electron chi connectivity index (χ3n) is 2.85. The molecule has 0 radical (unpaired) electrons. The van der Waals surface area contributed by atoms with E-state index in [0.717, 1.165) is 0 Å². The van der Waals surface area contributed by atoms with Gasteiger partial charge in [-0.15, -0.1) is 0 Å². The number of aromatic nitrogens is 3. The maximum absolute atomic E-state index is 11.4. The molecule has 0 unspecified atom stereocenters. The standard InChI is InChI=1S/C13H13IN4O5/c1-21-8-4-6(10-11(13(15)20)17-18-16-10)3-7(14)12(8)23-5-9(19)22-2/h3-4H,5H2,1-2H3,(H2,15,20)(H,16,17,18). The molecule has 1 amide bonds.